The Morgan fingerprint density at radius 1 is 1.35 bits per heavy atom. The molecule has 0 fully saturated rings. The fraction of sp³-hybridized carbons (Fsp3) is 0.250. The second-order valence-corrected chi connectivity index (χ2v) is 4.00. The first-order valence-electron chi connectivity index (χ1n) is 4.97. The number of rotatable bonds is 5. The van der Waals surface area contributed by atoms with Crippen molar-refractivity contribution in [2.24, 2.45) is 0 Å². The monoisotopic (exact) mass is 274 g/mol. The molecule has 0 saturated carbocycles. The molecule has 17 heavy (non-hydrogen) atoms. The number of hydrogen-bond acceptors (Lipinski definition) is 3. The first-order chi connectivity index (χ1) is 8.04. The van der Waals surface area contributed by atoms with E-state index in [1.54, 1.807) is 25.1 Å². The number of benzene rings is 1. The molecule has 5 heteroatoms. The van der Waals surface area contributed by atoms with Crippen molar-refractivity contribution in [1.82, 2.24) is 0 Å². The fourth-order valence-electron chi connectivity index (χ4n) is 1.03. The number of hydrogen-bond donors (Lipinski definition) is 0. The first-order valence-corrected chi connectivity index (χ1v) is 5.73. The molecule has 0 heterocycles. The van der Waals surface area contributed by atoms with E-state index in [1.807, 2.05) is 0 Å². The van der Waals surface area contributed by atoms with E-state index >= 15 is 0 Å². The second-order valence-electron chi connectivity index (χ2n) is 3.19. The van der Waals surface area contributed by atoms with Crippen molar-refractivity contribution in [3.63, 3.8) is 0 Å². The fourth-order valence-corrected chi connectivity index (χ4v) is 1.32. The average Bonchev–Trinajstić information content (AvgIpc) is 2.30. The van der Waals surface area contributed by atoms with Gasteiger partial charge in [0.05, 0.1) is 22.2 Å². The van der Waals surface area contributed by atoms with Gasteiger partial charge in [0.2, 0.25) is 0 Å². The third-order valence-electron chi connectivity index (χ3n) is 1.87. The summed E-state index contributed by atoms with van der Waals surface area (Å²) in [5.74, 6) is 0.0532. The van der Waals surface area contributed by atoms with E-state index in [0.29, 0.717) is 22.4 Å². The summed E-state index contributed by atoms with van der Waals surface area (Å²) in [6.45, 7) is 5.66. The summed E-state index contributed by atoms with van der Waals surface area (Å²) in [6.07, 6.45) is 0. The summed E-state index contributed by atoms with van der Waals surface area (Å²) in [5, 5.41) is 0.842. The Hall–Kier alpha value is -1.19. The molecule has 0 atom stereocenters. The third-order valence-corrected chi connectivity index (χ3v) is 2.61. The van der Waals surface area contributed by atoms with Crippen LogP contribution in [0.5, 0.6) is 5.75 Å². The number of carbonyl (C=O) groups excluding carboxylic acids is 1. The van der Waals surface area contributed by atoms with Crippen LogP contribution in [-0.4, -0.2) is 19.2 Å². The lowest BCUT2D eigenvalue weighted by atomic mass is 10.3. The van der Waals surface area contributed by atoms with Gasteiger partial charge in [-0.1, -0.05) is 29.8 Å². The highest BCUT2D eigenvalue weighted by Gasteiger charge is 2.08. The van der Waals surface area contributed by atoms with Crippen LogP contribution >= 0.6 is 23.2 Å². The summed E-state index contributed by atoms with van der Waals surface area (Å²) in [5.41, 5.74) is 0.248. The Bertz CT molecular complexity index is 430. The zero-order valence-corrected chi connectivity index (χ0v) is 10.8. The first kappa shape index (κ1) is 13.9. The maximum absolute atomic E-state index is 11.2. The average molecular weight is 275 g/mol. The molecule has 0 spiro atoms. The van der Waals surface area contributed by atoms with Gasteiger partial charge in [-0.25, -0.2) is 4.79 Å². The Morgan fingerprint density at radius 2 is 2.06 bits per heavy atom. The standard InChI is InChI=1S/C12H12Cl2O3/c1-3-16-12(15)8(2)7-17-9-4-5-10(13)11(14)6-9/h4-6H,2-3,7H2,1H3. The van der Waals surface area contributed by atoms with Crippen molar-refractivity contribution < 1.29 is 14.3 Å². The van der Waals surface area contributed by atoms with Crippen LogP contribution in [0.1, 0.15) is 6.92 Å². The molecule has 1 aromatic carbocycles. The maximum Gasteiger partial charge on any atom is 0.336 e. The van der Waals surface area contributed by atoms with Crippen molar-refractivity contribution in [2.45, 2.75) is 6.92 Å². The van der Waals surface area contributed by atoms with Crippen molar-refractivity contribution in [3.05, 3.63) is 40.4 Å². The second kappa shape index (κ2) is 6.52. The number of esters is 1. The molecule has 92 valence electrons. The predicted octanol–water partition coefficient (Wildman–Crippen LogP) is 3.49. The molecule has 0 aromatic heterocycles. The van der Waals surface area contributed by atoms with Crippen LogP contribution in [0.4, 0.5) is 0 Å². The van der Waals surface area contributed by atoms with Gasteiger partial charge in [0.15, 0.2) is 0 Å². The van der Waals surface area contributed by atoms with Crippen molar-refractivity contribution in [2.75, 3.05) is 13.2 Å². The molecule has 0 N–H and O–H groups in total. The highest BCUT2D eigenvalue weighted by Crippen LogP contribution is 2.26. The molecule has 0 amide bonds. The van der Waals surface area contributed by atoms with Crippen LogP contribution in [0.2, 0.25) is 10.0 Å². The van der Waals surface area contributed by atoms with E-state index in [1.165, 1.54) is 0 Å². The summed E-state index contributed by atoms with van der Waals surface area (Å²) in [7, 11) is 0. The number of halogens is 2. The number of ether oxygens (including phenoxy) is 2. The predicted molar refractivity (Wildman–Crippen MR) is 67.7 cm³/mol. The maximum atomic E-state index is 11.2. The lowest BCUT2D eigenvalue weighted by Crippen LogP contribution is -2.13. The molecule has 1 rings (SSSR count). The van der Waals surface area contributed by atoms with Crippen molar-refractivity contribution in [3.8, 4) is 5.75 Å². The van der Waals surface area contributed by atoms with Crippen LogP contribution in [0.3, 0.4) is 0 Å². The van der Waals surface area contributed by atoms with Gasteiger partial charge < -0.3 is 9.47 Å². The van der Waals surface area contributed by atoms with Crippen LogP contribution in [0.25, 0.3) is 0 Å². The largest absolute Gasteiger partial charge is 0.489 e. The minimum Gasteiger partial charge on any atom is -0.489 e. The lowest BCUT2D eigenvalue weighted by Gasteiger charge is -2.08. The molecular weight excluding hydrogens is 263 g/mol. The summed E-state index contributed by atoms with van der Waals surface area (Å²) in [6, 6.07) is 4.85. The van der Waals surface area contributed by atoms with Crippen LogP contribution in [0.15, 0.2) is 30.4 Å². The lowest BCUT2D eigenvalue weighted by molar-refractivity contribution is -0.138. The minimum absolute atomic E-state index is 0.0524. The minimum atomic E-state index is -0.465. The van der Waals surface area contributed by atoms with Crippen molar-refractivity contribution >= 4 is 29.2 Å². The van der Waals surface area contributed by atoms with E-state index in [2.05, 4.69) is 6.58 Å². The van der Waals surface area contributed by atoms with Gasteiger partial charge in [-0.05, 0) is 19.1 Å². The van der Waals surface area contributed by atoms with Crippen molar-refractivity contribution in [1.29, 1.82) is 0 Å². The Morgan fingerprint density at radius 3 is 2.65 bits per heavy atom. The van der Waals surface area contributed by atoms with Gasteiger partial charge in [-0.3, -0.25) is 0 Å². The molecule has 1 aromatic rings. The molecule has 0 aliphatic heterocycles. The molecule has 3 nitrogen and oxygen atoms in total. The molecule has 0 aliphatic rings. The SMILES string of the molecule is C=C(COc1ccc(Cl)c(Cl)c1)C(=O)OCC. The van der Waals surface area contributed by atoms with Crippen LogP contribution in [-0.2, 0) is 9.53 Å². The van der Waals surface area contributed by atoms with E-state index in [-0.39, 0.29) is 12.2 Å². The van der Waals surface area contributed by atoms with E-state index in [0.717, 1.165) is 0 Å². The van der Waals surface area contributed by atoms with Gasteiger partial charge in [0.25, 0.3) is 0 Å². The van der Waals surface area contributed by atoms with Gasteiger partial charge >= 0.3 is 5.97 Å². The number of carbonyl (C=O) groups is 1. The van der Waals surface area contributed by atoms with Crippen LogP contribution in [0, 0.1) is 0 Å². The molecular formula is C12H12Cl2O3. The summed E-state index contributed by atoms with van der Waals surface area (Å²) in [4.78, 5) is 11.2. The van der Waals surface area contributed by atoms with E-state index < -0.39 is 5.97 Å². The smallest absolute Gasteiger partial charge is 0.336 e. The van der Waals surface area contributed by atoms with Gasteiger partial charge in [0.1, 0.15) is 12.4 Å². The summed E-state index contributed by atoms with van der Waals surface area (Å²) < 4.78 is 10.1. The highest BCUT2D eigenvalue weighted by molar-refractivity contribution is 6.42. The zero-order chi connectivity index (χ0) is 12.8. The topological polar surface area (TPSA) is 35.5 Å². The van der Waals surface area contributed by atoms with Gasteiger partial charge in [-0.2, -0.15) is 0 Å². The van der Waals surface area contributed by atoms with E-state index in [9.17, 15) is 4.79 Å². The summed E-state index contributed by atoms with van der Waals surface area (Å²) >= 11 is 11.6. The van der Waals surface area contributed by atoms with Gasteiger partial charge in [-0.15, -0.1) is 0 Å². The van der Waals surface area contributed by atoms with Gasteiger partial charge in [0, 0.05) is 6.07 Å². The highest BCUT2D eigenvalue weighted by atomic mass is 35.5. The Kier molecular flexibility index (Phi) is 5.32. The van der Waals surface area contributed by atoms with E-state index in [4.69, 9.17) is 32.7 Å². The molecule has 0 saturated heterocycles. The van der Waals surface area contributed by atoms with Crippen LogP contribution < -0.4 is 4.74 Å². The molecule has 0 radical (unpaired) electrons. The molecule has 0 bridgehead atoms. The normalized spacial score (nSPS) is 9.82. The Labute approximate surface area is 110 Å². The molecule has 0 unspecified atom stereocenters. The Balaban J connectivity index is 2.53. The third kappa shape index (κ3) is 4.29. The zero-order valence-electron chi connectivity index (χ0n) is 9.33. The molecule has 0 aliphatic carbocycles. The quantitative estimate of drug-likeness (QED) is 0.609.